The second-order valence-electron chi connectivity index (χ2n) is 4.21. The molecule has 2 unspecified atom stereocenters. The van der Waals surface area contributed by atoms with Gasteiger partial charge in [-0.3, -0.25) is 4.79 Å². The smallest absolute Gasteiger partial charge is 0.392 e. The largest absolute Gasteiger partial charge is 0.465 e. The molecule has 0 aliphatic heterocycles. The predicted molar refractivity (Wildman–Crippen MR) is 52.8 cm³/mol. The Labute approximate surface area is 93.2 Å². The molecule has 2 atom stereocenters. The van der Waals surface area contributed by atoms with Gasteiger partial charge in [-0.15, -0.1) is 0 Å². The number of esters is 1. The molecule has 0 bridgehead atoms. The molecule has 0 radical (unpaired) electrons. The summed E-state index contributed by atoms with van der Waals surface area (Å²) in [4.78, 5) is 11.5. The fourth-order valence-electron chi connectivity index (χ4n) is 2.11. The Morgan fingerprint density at radius 3 is 2.50 bits per heavy atom. The van der Waals surface area contributed by atoms with E-state index in [0.29, 0.717) is 25.7 Å². The Morgan fingerprint density at radius 2 is 1.94 bits per heavy atom. The van der Waals surface area contributed by atoms with Gasteiger partial charge in [0.1, 0.15) is 0 Å². The van der Waals surface area contributed by atoms with Gasteiger partial charge in [0.15, 0.2) is 0 Å². The lowest BCUT2D eigenvalue weighted by molar-refractivity contribution is -0.205. The quantitative estimate of drug-likeness (QED) is 0.705. The highest BCUT2D eigenvalue weighted by Gasteiger charge is 2.48. The summed E-state index contributed by atoms with van der Waals surface area (Å²) in [6.45, 7) is 2.02. The molecule has 16 heavy (non-hydrogen) atoms. The monoisotopic (exact) mass is 238 g/mol. The highest BCUT2D eigenvalue weighted by Crippen LogP contribution is 2.41. The number of carbonyl (C=O) groups is 1. The molecule has 1 saturated carbocycles. The van der Waals surface area contributed by atoms with Gasteiger partial charge in [0, 0.05) is 0 Å². The van der Waals surface area contributed by atoms with E-state index in [9.17, 15) is 18.0 Å². The summed E-state index contributed by atoms with van der Waals surface area (Å²) in [7, 11) is 0. The Balaban J connectivity index is 2.63. The minimum atomic E-state index is -4.28. The summed E-state index contributed by atoms with van der Waals surface area (Å²) < 4.78 is 42.8. The third-order valence-electron chi connectivity index (χ3n) is 2.94. The molecule has 5 heteroatoms. The first-order chi connectivity index (χ1) is 7.46. The first kappa shape index (κ1) is 13.3. The van der Waals surface area contributed by atoms with Crippen LogP contribution in [0.15, 0.2) is 0 Å². The zero-order chi connectivity index (χ0) is 12.2. The van der Waals surface area contributed by atoms with Gasteiger partial charge < -0.3 is 4.74 Å². The second kappa shape index (κ2) is 5.55. The summed E-state index contributed by atoms with van der Waals surface area (Å²) in [6.07, 6.45) is -2.08. The maximum absolute atomic E-state index is 12.7. The minimum absolute atomic E-state index is 0.0510. The lowest BCUT2D eigenvalue weighted by Crippen LogP contribution is -2.38. The lowest BCUT2D eigenvalue weighted by Gasteiger charge is -2.31. The predicted octanol–water partition coefficient (Wildman–Crippen LogP) is 3.31. The standard InChI is InChI=1S/C11H17F3O2/c1-2-7-16-10(15)8-5-3-4-6-9(8)11(12,13)14/h8-9H,2-7H2,1H3. The van der Waals surface area contributed by atoms with Crippen LogP contribution in [-0.2, 0) is 9.53 Å². The molecule has 1 aliphatic carbocycles. The van der Waals surface area contributed by atoms with Gasteiger partial charge in [0.25, 0.3) is 0 Å². The van der Waals surface area contributed by atoms with Crippen LogP contribution in [0, 0.1) is 11.8 Å². The van der Waals surface area contributed by atoms with E-state index in [1.54, 1.807) is 0 Å². The summed E-state index contributed by atoms with van der Waals surface area (Å²) >= 11 is 0. The van der Waals surface area contributed by atoms with Crippen molar-refractivity contribution in [2.24, 2.45) is 11.8 Å². The van der Waals surface area contributed by atoms with Crippen molar-refractivity contribution in [3.8, 4) is 0 Å². The number of halogens is 3. The molecule has 0 amide bonds. The van der Waals surface area contributed by atoms with E-state index in [0.717, 1.165) is 0 Å². The Kier molecular flexibility index (Phi) is 4.62. The fourth-order valence-corrected chi connectivity index (χ4v) is 2.11. The van der Waals surface area contributed by atoms with Crippen molar-refractivity contribution in [1.29, 1.82) is 0 Å². The van der Waals surface area contributed by atoms with Crippen LogP contribution in [0.4, 0.5) is 13.2 Å². The van der Waals surface area contributed by atoms with E-state index in [4.69, 9.17) is 4.74 Å². The molecule has 1 rings (SSSR count). The highest BCUT2D eigenvalue weighted by atomic mass is 19.4. The number of carbonyl (C=O) groups excluding carboxylic acids is 1. The van der Waals surface area contributed by atoms with Crippen LogP contribution in [0.3, 0.4) is 0 Å². The van der Waals surface area contributed by atoms with Crippen LogP contribution >= 0.6 is 0 Å². The number of alkyl halides is 3. The number of ether oxygens (including phenoxy) is 1. The van der Waals surface area contributed by atoms with Crippen LogP contribution in [0.1, 0.15) is 39.0 Å². The third-order valence-corrected chi connectivity index (χ3v) is 2.94. The number of hydrogen-bond acceptors (Lipinski definition) is 2. The lowest BCUT2D eigenvalue weighted by atomic mass is 9.79. The topological polar surface area (TPSA) is 26.3 Å². The van der Waals surface area contributed by atoms with Crippen molar-refractivity contribution in [2.45, 2.75) is 45.2 Å². The van der Waals surface area contributed by atoms with Crippen molar-refractivity contribution in [3.05, 3.63) is 0 Å². The Bertz CT molecular complexity index is 238. The summed E-state index contributed by atoms with van der Waals surface area (Å²) in [5, 5.41) is 0. The maximum atomic E-state index is 12.7. The van der Waals surface area contributed by atoms with Crippen molar-refractivity contribution < 1.29 is 22.7 Å². The van der Waals surface area contributed by atoms with Gasteiger partial charge in [0.2, 0.25) is 0 Å². The van der Waals surface area contributed by atoms with Gasteiger partial charge in [-0.05, 0) is 19.3 Å². The van der Waals surface area contributed by atoms with Gasteiger partial charge in [0.05, 0.1) is 18.4 Å². The fraction of sp³-hybridized carbons (Fsp3) is 0.909. The first-order valence-electron chi connectivity index (χ1n) is 5.70. The van der Waals surface area contributed by atoms with Crippen molar-refractivity contribution in [2.75, 3.05) is 6.61 Å². The second-order valence-corrected chi connectivity index (χ2v) is 4.21. The van der Waals surface area contributed by atoms with Crippen molar-refractivity contribution in [1.82, 2.24) is 0 Å². The molecular weight excluding hydrogens is 221 g/mol. The zero-order valence-corrected chi connectivity index (χ0v) is 9.35. The molecule has 0 aromatic heterocycles. The van der Waals surface area contributed by atoms with Crippen LogP contribution in [0.2, 0.25) is 0 Å². The molecule has 94 valence electrons. The molecule has 0 aromatic rings. The van der Waals surface area contributed by atoms with Crippen molar-refractivity contribution in [3.63, 3.8) is 0 Å². The van der Waals surface area contributed by atoms with E-state index >= 15 is 0 Å². The molecule has 0 spiro atoms. The molecule has 0 saturated heterocycles. The van der Waals surface area contributed by atoms with Gasteiger partial charge in [-0.2, -0.15) is 13.2 Å². The van der Waals surface area contributed by atoms with E-state index in [-0.39, 0.29) is 13.0 Å². The first-order valence-corrected chi connectivity index (χ1v) is 5.70. The normalized spacial score (nSPS) is 26.5. The highest BCUT2D eigenvalue weighted by molar-refractivity contribution is 5.73. The van der Waals surface area contributed by atoms with Crippen LogP contribution in [-0.4, -0.2) is 18.8 Å². The van der Waals surface area contributed by atoms with Crippen molar-refractivity contribution >= 4 is 5.97 Å². The molecule has 1 aliphatic rings. The summed E-state index contributed by atoms with van der Waals surface area (Å²) in [6, 6.07) is 0. The molecular formula is C11H17F3O2. The minimum Gasteiger partial charge on any atom is -0.465 e. The average molecular weight is 238 g/mol. The Hall–Kier alpha value is -0.740. The van der Waals surface area contributed by atoms with Crippen LogP contribution in [0.25, 0.3) is 0 Å². The number of rotatable bonds is 3. The van der Waals surface area contributed by atoms with E-state index in [2.05, 4.69) is 0 Å². The maximum Gasteiger partial charge on any atom is 0.392 e. The van der Waals surface area contributed by atoms with Gasteiger partial charge in [-0.1, -0.05) is 19.8 Å². The molecule has 0 N–H and O–H groups in total. The summed E-state index contributed by atoms with van der Waals surface area (Å²) in [5.74, 6) is -3.17. The molecule has 0 aromatic carbocycles. The van der Waals surface area contributed by atoms with Gasteiger partial charge >= 0.3 is 12.1 Å². The van der Waals surface area contributed by atoms with E-state index < -0.39 is 24.0 Å². The molecule has 0 heterocycles. The molecule has 1 fully saturated rings. The van der Waals surface area contributed by atoms with Gasteiger partial charge in [-0.25, -0.2) is 0 Å². The van der Waals surface area contributed by atoms with Crippen LogP contribution < -0.4 is 0 Å². The zero-order valence-electron chi connectivity index (χ0n) is 9.35. The van der Waals surface area contributed by atoms with Crippen LogP contribution in [0.5, 0.6) is 0 Å². The number of hydrogen-bond donors (Lipinski definition) is 0. The summed E-state index contributed by atoms with van der Waals surface area (Å²) in [5.41, 5.74) is 0. The Morgan fingerprint density at radius 1 is 1.31 bits per heavy atom. The molecule has 2 nitrogen and oxygen atoms in total. The average Bonchev–Trinajstić information content (AvgIpc) is 2.24. The van der Waals surface area contributed by atoms with E-state index in [1.807, 2.05) is 6.92 Å². The third kappa shape index (κ3) is 3.39. The SMILES string of the molecule is CCCOC(=O)C1CCCCC1C(F)(F)F. The van der Waals surface area contributed by atoms with E-state index in [1.165, 1.54) is 0 Å².